The van der Waals surface area contributed by atoms with Gasteiger partial charge in [-0.15, -0.1) is 0 Å². The van der Waals surface area contributed by atoms with Crippen LogP contribution in [-0.2, 0) is 22.4 Å². The Kier molecular flexibility index (Phi) is 6.88. The summed E-state index contributed by atoms with van der Waals surface area (Å²) in [5.74, 6) is -2.08. The molecule has 0 spiro atoms. The molecule has 3 N–H and O–H groups in total. The van der Waals surface area contributed by atoms with E-state index in [1.165, 1.54) is 6.07 Å². The molecule has 2 aromatic carbocycles. The highest BCUT2D eigenvalue weighted by molar-refractivity contribution is 5.97. The number of halogens is 2. The van der Waals surface area contributed by atoms with Crippen molar-refractivity contribution in [1.29, 1.82) is 0 Å². The molecule has 2 fully saturated rings. The first-order valence-electron chi connectivity index (χ1n) is 13.1. The average molecular weight is 537 g/mol. The van der Waals surface area contributed by atoms with Gasteiger partial charge in [0.2, 0.25) is 5.95 Å². The van der Waals surface area contributed by atoms with Crippen LogP contribution >= 0.6 is 0 Å². The zero-order chi connectivity index (χ0) is 27.1. The van der Waals surface area contributed by atoms with E-state index in [-0.39, 0.29) is 28.9 Å². The summed E-state index contributed by atoms with van der Waals surface area (Å²) in [7, 11) is 1.71. The number of nitrogens with two attached hydrogens (primary N) is 1. The van der Waals surface area contributed by atoms with Gasteiger partial charge in [0.25, 0.3) is 5.91 Å². The lowest BCUT2D eigenvalue weighted by atomic mass is 9.95. The van der Waals surface area contributed by atoms with E-state index < -0.39 is 17.7 Å². The summed E-state index contributed by atoms with van der Waals surface area (Å²) in [6, 6.07) is 8.64. The molecule has 0 radical (unpaired) electrons. The Hall–Kier alpha value is -3.67. The largest absolute Gasteiger partial charge is 0.382 e. The lowest BCUT2D eigenvalue weighted by Crippen LogP contribution is -2.51. The van der Waals surface area contributed by atoms with Crippen LogP contribution in [0.15, 0.2) is 30.3 Å². The van der Waals surface area contributed by atoms with Gasteiger partial charge in [0.05, 0.1) is 24.9 Å². The predicted octanol–water partition coefficient (Wildman–Crippen LogP) is 2.62. The number of benzene rings is 2. The van der Waals surface area contributed by atoms with Gasteiger partial charge in [-0.3, -0.25) is 9.69 Å². The number of nitrogens with zero attached hydrogens (tertiary/aromatic N) is 4. The van der Waals surface area contributed by atoms with Crippen molar-refractivity contribution in [3.8, 4) is 22.5 Å². The highest BCUT2D eigenvalue weighted by atomic mass is 19.1. The van der Waals surface area contributed by atoms with E-state index in [1.807, 2.05) is 18.2 Å². The molecule has 0 bridgehead atoms. The third kappa shape index (κ3) is 4.93. The molecule has 6 rings (SSSR count). The number of hydrogen-bond donors (Lipinski definition) is 2. The van der Waals surface area contributed by atoms with Crippen LogP contribution in [0.1, 0.15) is 21.5 Å². The molecule has 39 heavy (non-hydrogen) atoms. The first kappa shape index (κ1) is 25.6. The summed E-state index contributed by atoms with van der Waals surface area (Å²) in [6.45, 7) is 5.58. The molecular weight excluding hydrogens is 506 g/mol. The van der Waals surface area contributed by atoms with Crippen LogP contribution in [0.25, 0.3) is 22.5 Å². The van der Waals surface area contributed by atoms with Crippen molar-refractivity contribution in [3.05, 3.63) is 58.8 Å². The second-order valence-electron chi connectivity index (χ2n) is 10.1. The summed E-state index contributed by atoms with van der Waals surface area (Å²) >= 11 is 0. The van der Waals surface area contributed by atoms with Crippen LogP contribution in [0.4, 0.5) is 20.3 Å². The maximum absolute atomic E-state index is 15.2. The van der Waals surface area contributed by atoms with Crippen LogP contribution in [0.3, 0.4) is 0 Å². The number of hydrogen-bond acceptors (Lipinski definition) is 8. The van der Waals surface area contributed by atoms with Crippen molar-refractivity contribution in [1.82, 2.24) is 20.2 Å². The SMILES string of the molecule is COC1CN(Cc2cc(-c3nc(-c4cc(F)c5c(c4)CCNC5=O)c(N)nc3F)ccc2N2CCOCC2)C1. The van der Waals surface area contributed by atoms with Gasteiger partial charge in [-0.1, -0.05) is 6.07 Å². The average Bonchev–Trinajstić information content (AvgIpc) is 2.91. The first-order valence-corrected chi connectivity index (χ1v) is 13.1. The normalized spacial score (nSPS) is 18.0. The highest BCUT2D eigenvalue weighted by Gasteiger charge is 2.28. The lowest BCUT2D eigenvalue weighted by Gasteiger charge is -2.39. The highest BCUT2D eigenvalue weighted by Crippen LogP contribution is 2.34. The molecule has 0 atom stereocenters. The van der Waals surface area contributed by atoms with E-state index in [9.17, 15) is 9.18 Å². The number of anilines is 2. The van der Waals surface area contributed by atoms with Gasteiger partial charge in [0.15, 0.2) is 5.82 Å². The van der Waals surface area contributed by atoms with Crippen molar-refractivity contribution in [2.75, 3.05) is 63.7 Å². The first-order chi connectivity index (χ1) is 18.9. The van der Waals surface area contributed by atoms with Crippen molar-refractivity contribution in [2.24, 2.45) is 0 Å². The molecule has 0 unspecified atom stereocenters. The van der Waals surface area contributed by atoms with Crippen molar-refractivity contribution >= 4 is 17.4 Å². The summed E-state index contributed by atoms with van der Waals surface area (Å²) in [6.07, 6.45) is 0.686. The predicted molar refractivity (Wildman–Crippen MR) is 142 cm³/mol. The fourth-order valence-electron chi connectivity index (χ4n) is 5.49. The Morgan fingerprint density at radius 3 is 2.67 bits per heavy atom. The lowest BCUT2D eigenvalue weighted by molar-refractivity contribution is -0.0333. The van der Waals surface area contributed by atoms with Gasteiger partial charge < -0.3 is 25.4 Å². The summed E-state index contributed by atoms with van der Waals surface area (Å²) in [4.78, 5) is 25.2. The van der Waals surface area contributed by atoms with Gasteiger partial charge in [0, 0.05) is 63.2 Å². The molecule has 3 aliphatic heterocycles. The number of carbonyl (C=O) groups is 1. The minimum absolute atomic E-state index is 0.0175. The van der Waals surface area contributed by atoms with E-state index in [1.54, 1.807) is 13.2 Å². The molecular formula is C28H30F2N6O3. The van der Waals surface area contributed by atoms with Crippen LogP contribution < -0.4 is 16.0 Å². The summed E-state index contributed by atoms with van der Waals surface area (Å²) < 4.78 is 41.1. The van der Waals surface area contributed by atoms with Gasteiger partial charge in [-0.25, -0.2) is 9.37 Å². The molecule has 4 heterocycles. The third-order valence-corrected chi connectivity index (χ3v) is 7.59. The van der Waals surface area contributed by atoms with Gasteiger partial charge in [-0.05, 0) is 41.8 Å². The maximum atomic E-state index is 15.2. The molecule has 0 aliphatic carbocycles. The summed E-state index contributed by atoms with van der Waals surface area (Å²) in [5, 5.41) is 2.65. The molecule has 2 saturated heterocycles. The van der Waals surface area contributed by atoms with Gasteiger partial charge in [-0.2, -0.15) is 9.37 Å². The number of fused-ring (bicyclic) bond motifs is 1. The molecule has 3 aromatic rings. The van der Waals surface area contributed by atoms with Gasteiger partial charge in [0.1, 0.15) is 17.2 Å². The van der Waals surface area contributed by atoms with Gasteiger partial charge >= 0.3 is 0 Å². The number of ether oxygens (including phenoxy) is 2. The number of aromatic nitrogens is 2. The maximum Gasteiger partial charge on any atom is 0.254 e. The number of nitrogen functional groups attached to an aromatic ring is 1. The molecule has 3 aliphatic rings. The topological polar surface area (TPSA) is 106 Å². The minimum Gasteiger partial charge on any atom is -0.382 e. The fraction of sp³-hybridized carbons (Fsp3) is 0.393. The third-order valence-electron chi connectivity index (χ3n) is 7.59. The Bertz CT molecular complexity index is 1420. The Balaban J connectivity index is 1.39. The van der Waals surface area contributed by atoms with Crippen LogP contribution in [0.2, 0.25) is 0 Å². The second-order valence-corrected chi connectivity index (χ2v) is 10.1. The number of likely N-dealkylation sites (tertiary alicyclic amines) is 1. The molecule has 1 aromatic heterocycles. The van der Waals surface area contributed by atoms with E-state index in [0.29, 0.717) is 49.4 Å². The number of carbonyl (C=O) groups excluding carboxylic acids is 1. The standard InChI is InChI=1S/C28H30F2N6O3/c1-38-20-14-35(15-20)13-19-11-17(2-3-22(19)36-6-8-39-9-7-36)24-26(30)34-27(31)25(33-24)18-10-16-4-5-32-28(37)23(16)21(29)12-18/h2-3,10-12,20H,4-9,13-15H2,1H3,(H2,31,34)(H,32,37). The zero-order valence-electron chi connectivity index (χ0n) is 21.7. The van der Waals surface area contributed by atoms with Crippen LogP contribution in [-0.4, -0.2) is 79.9 Å². The van der Waals surface area contributed by atoms with Crippen molar-refractivity contribution in [2.45, 2.75) is 19.1 Å². The molecule has 0 saturated carbocycles. The molecule has 1 amide bonds. The number of methoxy groups -OCH3 is 1. The Labute approximate surface area is 224 Å². The minimum atomic E-state index is -0.803. The van der Waals surface area contributed by atoms with E-state index in [4.69, 9.17) is 15.2 Å². The summed E-state index contributed by atoms with van der Waals surface area (Å²) in [5.41, 5.74) is 9.86. The molecule has 204 valence electrons. The number of amides is 1. The Morgan fingerprint density at radius 2 is 1.90 bits per heavy atom. The van der Waals surface area contributed by atoms with Crippen LogP contribution in [0.5, 0.6) is 0 Å². The number of rotatable bonds is 6. The van der Waals surface area contributed by atoms with E-state index in [0.717, 1.165) is 37.4 Å². The second kappa shape index (κ2) is 10.5. The fourth-order valence-corrected chi connectivity index (χ4v) is 5.49. The zero-order valence-corrected chi connectivity index (χ0v) is 21.7. The molecule has 9 nitrogen and oxygen atoms in total. The van der Waals surface area contributed by atoms with Crippen molar-refractivity contribution in [3.63, 3.8) is 0 Å². The Morgan fingerprint density at radius 1 is 1.10 bits per heavy atom. The number of morpholine rings is 1. The van der Waals surface area contributed by atoms with E-state index >= 15 is 4.39 Å². The smallest absolute Gasteiger partial charge is 0.254 e. The molecule has 11 heteroatoms. The quantitative estimate of drug-likeness (QED) is 0.496. The van der Waals surface area contributed by atoms with E-state index in [2.05, 4.69) is 25.1 Å². The monoisotopic (exact) mass is 536 g/mol. The number of nitrogens with one attached hydrogen (secondary N) is 1. The van der Waals surface area contributed by atoms with Crippen molar-refractivity contribution < 1.29 is 23.0 Å². The van der Waals surface area contributed by atoms with Crippen LogP contribution in [0, 0.1) is 11.8 Å².